The van der Waals surface area contributed by atoms with Crippen molar-refractivity contribution in [2.75, 3.05) is 6.54 Å². The summed E-state index contributed by atoms with van der Waals surface area (Å²) in [6, 6.07) is 3.49. The minimum absolute atomic E-state index is 0.180. The number of rotatable bonds is 3. The molecule has 1 aliphatic heterocycles. The molecule has 1 fully saturated rings. The monoisotopic (exact) mass is 299 g/mol. The Hall–Kier alpha value is -2.05. The van der Waals surface area contributed by atoms with E-state index < -0.39 is 32.5 Å². The number of halogens is 1. The first kappa shape index (κ1) is 14.4. The van der Waals surface area contributed by atoms with Crippen molar-refractivity contribution >= 4 is 15.7 Å². The van der Waals surface area contributed by atoms with Gasteiger partial charge >= 0.3 is 5.69 Å². The van der Waals surface area contributed by atoms with Crippen LogP contribution < -0.4 is 0 Å². The molecule has 1 heterocycles. The molecule has 0 amide bonds. The van der Waals surface area contributed by atoms with Crippen LogP contribution in [0.2, 0.25) is 0 Å². The lowest BCUT2D eigenvalue weighted by Gasteiger charge is -2.19. The van der Waals surface area contributed by atoms with E-state index in [1.165, 1.54) is 0 Å². The fraction of sp³-hybridized carbons (Fsp3) is 0.364. The van der Waals surface area contributed by atoms with Crippen molar-refractivity contribution in [2.24, 2.45) is 0 Å². The Kier molecular flexibility index (Phi) is 3.69. The van der Waals surface area contributed by atoms with Gasteiger partial charge in [-0.1, -0.05) is 0 Å². The van der Waals surface area contributed by atoms with Crippen LogP contribution in [-0.2, 0) is 10.0 Å². The average molecular weight is 299 g/mol. The third-order valence-corrected chi connectivity index (χ3v) is 4.98. The predicted molar refractivity (Wildman–Crippen MR) is 65.6 cm³/mol. The summed E-state index contributed by atoms with van der Waals surface area (Å²) >= 11 is 0. The van der Waals surface area contributed by atoms with E-state index in [0.717, 1.165) is 16.4 Å². The lowest BCUT2D eigenvalue weighted by Crippen LogP contribution is -2.34. The van der Waals surface area contributed by atoms with E-state index in [1.807, 2.05) is 6.07 Å². The van der Waals surface area contributed by atoms with Gasteiger partial charge in [-0.05, 0) is 18.9 Å². The summed E-state index contributed by atoms with van der Waals surface area (Å²) in [5, 5.41) is 19.4. The number of nitrogens with zero attached hydrogens (tertiary/aromatic N) is 3. The van der Waals surface area contributed by atoms with Crippen LogP contribution in [-0.4, -0.2) is 30.2 Å². The second-order valence-electron chi connectivity index (χ2n) is 4.27. The topological polar surface area (TPSA) is 104 Å². The van der Waals surface area contributed by atoms with Gasteiger partial charge in [0, 0.05) is 18.7 Å². The van der Waals surface area contributed by atoms with Crippen LogP contribution in [0.4, 0.5) is 10.1 Å². The average Bonchev–Trinajstić information content (AvgIpc) is 2.87. The maximum Gasteiger partial charge on any atom is 0.304 e. The maximum absolute atomic E-state index is 13.5. The summed E-state index contributed by atoms with van der Waals surface area (Å²) in [6.07, 6.45) is 0.970. The fourth-order valence-electron chi connectivity index (χ4n) is 2.09. The molecule has 20 heavy (non-hydrogen) atoms. The number of sulfonamides is 1. The summed E-state index contributed by atoms with van der Waals surface area (Å²) in [4.78, 5) is 9.18. The highest BCUT2D eigenvalue weighted by Crippen LogP contribution is 2.28. The van der Waals surface area contributed by atoms with Crippen LogP contribution in [0.15, 0.2) is 23.1 Å². The molecule has 1 saturated heterocycles. The normalized spacial score (nSPS) is 19.7. The fourth-order valence-corrected chi connectivity index (χ4v) is 3.71. The van der Waals surface area contributed by atoms with Crippen LogP contribution in [0.5, 0.6) is 0 Å². The first-order valence-corrected chi connectivity index (χ1v) is 7.17. The molecule has 7 nitrogen and oxygen atoms in total. The molecule has 0 aromatic heterocycles. The van der Waals surface area contributed by atoms with E-state index in [4.69, 9.17) is 5.26 Å². The minimum atomic E-state index is -4.02. The maximum atomic E-state index is 13.5. The van der Waals surface area contributed by atoms with Gasteiger partial charge < -0.3 is 0 Å². The minimum Gasteiger partial charge on any atom is -0.258 e. The van der Waals surface area contributed by atoms with E-state index in [1.54, 1.807) is 0 Å². The zero-order chi connectivity index (χ0) is 14.9. The van der Waals surface area contributed by atoms with Crippen LogP contribution in [0.3, 0.4) is 0 Å². The molecule has 0 saturated carbocycles. The SMILES string of the molecule is N#CC1CCCN1S(=O)(=O)c1ccc([N+](=O)[O-])c(F)c1. The van der Waals surface area contributed by atoms with Crippen molar-refractivity contribution in [1.82, 2.24) is 4.31 Å². The zero-order valence-electron chi connectivity index (χ0n) is 10.2. The first-order valence-electron chi connectivity index (χ1n) is 5.73. The van der Waals surface area contributed by atoms with Crippen molar-refractivity contribution in [3.8, 4) is 6.07 Å². The molecular formula is C11H10FN3O4S. The van der Waals surface area contributed by atoms with Crippen molar-refractivity contribution in [2.45, 2.75) is 23.8 Å². The van der Waals surface area contributed by atoms with E-state index in [2.05, 4.69) is 0 Å². The molecule has 1 aromatic carbocycles. The zero-order valence-corrected chi connectivity index (χ0v) is 11.0. The predicted octanol–water partition coefficient (Wildman–Crippen LogP) is 1.41. The van der Waals surface area contributed by atoms with Crippen molar-refractivity contribution < 1.29 is 17.7 Å². The lowest BCUT2D eigenvalue weighted by atomic mass is 10.2. The molecule has 0 N–H and O–H groups in total. The Labute approximate surface area is 114 Å². The van der Waals surface area contributed by atoms with Crippen molar-refractivity contribution in [1.29, 1.82) is 5.26 Å². The summed E-state index contributed by atoms with van der Waals surface area (Å²) < 4.78 is 39.1. The first-order chi connectivity index (χ1) is 9.37. The second kappa shape index (κ2) is 5.15. The highest BCUT2D eigenvalue weighted by atomic mass is 32.2. The number of nitriles is 1. The standard InChI is InChI=1S/C11H10FN3O4S/c12-10-6-9(3-4-11(10)15(16)17)20(18,19)14-5-1-2-8(14)7-13/h3-4,6,8H,1-2,5H2. The Balaban J connectivity index is 2.43. The molecule has 1 aromatic rings. The number of hydrogen-bond donors (Lipinski definition) is 0. The number of hydrogen-bond acceptors (Lipinski definition) is 5. The molecule has 1 aliphatic rings. The summed E-state index contributed by atoms with van der Waals surface area (Å²) in [5.41, 5.74) is -0.790. The Morgan fingerprint density at radius 1 is 1.50 bits per heavy atom. The van der Waals surface area contributed by atoms with Gasteiger partial charge in [-0.3, -0.25) is 10.1 Å². The van der Waals surface area contributed by atoms with Gasteiger partial charge in [-0.25, -0.2) is 8.42 Å². The van der Waals surface area contributed by atoms with Gasteiger partial charge in [0.2, 0.25) is 15.8 Å². The molecular weight excluding hydrogens is 289 g/mol. The van der Waals surface area contributed by atoms with Gasteiger partial charge in [0.25, 0.3) is 0 Å². The summed E-state index contributed by atoms with van der Waals surface area (Å²) in [5.74, 6) is -1.22. The molecule has 0 spiro atoms. The number of benzene rings is 1. The second-order valence-corrected chi connectivity index (χ2v) is 6.16. The van der Waals surface area contributed by atoms with Gasteiger partial charge in [-0.15, -0.1) is 0 Å². The molecule has 2 rings (SSSR count). The quantitative estimate of drug-likeness (QED) is 0.620. The van der Waals surface area contributed by atoms with Crippen LogP contribution in [0.1, 0.15) is 12.8 Å². The highest BCUT2D eigenvalue weighted by molar-refractivity contribution is 7.89. The summed E-state index contributed by atoms with van der Waals surface area (Å²) in [6.45, 7) is 0.180. The Bertz CT molecular complexity index is 698. The molecule has 0 aliphatic carbocycles. The lowest BCUT2D eigenvalue weighted by molar-refractivity contribution is -0.387. The third kappa shape index (κ3) is 2.35. The van der Waals surface area contributed by atoms with Crippen molar-refractivity contribution in [3.05, 3.63) is 34.1 Å². The Morgan fingerprint density at radius 3 is 2.75 bits per heavy atom. The van der Waals surface area contributed by atoms with Gasteiger partial charge in [-0.2, -0.15) is 14.0 Å². The largest absolute Gasteiger partial charge is 0.304 e. The van der Waals surface area contributed by atoms with Crippen LogP contribution in [0.25, 0.3) is 0 Å². The van der Waals surface area contributed by atoms with Crippen LogP contribution >= 0.6 is 0 Å². The van der Waals surface area contributed by atoms with Crippen LogP contribution in [0, 0.1) is 27.3 Å². The van der Waals surface area contributed by atoms with E-state index in [0.29, 0.717) is 18.9 Å². The van der Waals surface area contributed by atoms with Gasteiger partial charge in [0.1, 0.15) is 6.04 Å². The number of nitro benzene ring substituents is 1. The van der Waals surface area contributed by atoms with Gasteiger partial charge in [0.15, 0.2) is 0 Å². The smallest absolute Gasteiger partial charge is 0.258 e. The number of nitro groups is 1. The Morgan fingerprint density at radius 2 is 2.20 bits per heavy atom. The molecule has 0 bridgehead atoms. The molecule has 0 radical (unpaired) electrons. The van der Waals surface area contributed by atoms with E-state index in [9.17, 15) is 22.9 Å². The van der Waals surface area contributed by atoms with Gasteiger partial charge in [0.05, 0.1) is 15.9 Å². The molecule has 1 atom stereocenters. The highest BCUT2D eigenvalue weighted by Gasteiger charge is 2.36. The molecule has 1 unspecified atom stereocenters. The molecule has 9 heteroatoms. The van der Waals surface area contributed by atoms with Crippen molar-refractivity contribution in [3.63, 3.8) is 0 Å². The third-order valence-electron chi connectivity index (χ3n) is 3.08. The molecule has 106 valence electrons. The van der Waals surface area contributed by atoms with E-state index in [-0.39, 0.29) is 11.4 Å². The summed E-state index contributed by atoms with van der Waals surface area (Å²) in [7, 11) is -4.02. The van der Waals surface area contributed by atoms with E-state index >= 15 is 0 Å².